The fraction of sp³-hybridized carbons (Fsp3) is 0.278. The summed E-state index contributed by atoms with van der Waals surface area (Å²) in [6.45, 7) is 4.89. The largest absolute Gasteiger partial charge is 0.591 e. The monoisotopic (exact) mass is 464 g/mol. The van der Waals surface area contributed by atoms with E-state index in [-0.39, 0.29) is 20.5 Å². The number of pyridine rings is 1. The number of rotatable bonds is 5. The first kappa shape index (κ1) is 23.5. The topological polar surface area (TPSA) is 85.6 Å². The van der Waals surface area contributed by atoms with Crippen molar-refractivity contribution < 1.29 is 27.6 Å². The molecule has 0 aliphatic heterocycles. The maximum absolute atomic E-state index is 13.6. The number of hydrogen-bond acceptors (Lipinski definition) is 5. The molecule has 1 aromatic carbocycles. The second-order valence-corrected chi connectivity index (χ2v) is 10.0. The van der Waals surface area contributed by atoms with Crippen LogP contribution in [-0.2, 0) is 17.5 Å². The summed E-state index contributed by atoms with van der Waals surface area (Å²) in [5.41, 5.74) is -1.63. The van der Waals surface area contributed by atoms with Crippen LogP contribution in [0.3, 0.4) is 0 Å². The number of carboxylic acids is 1. The Balaban J connectivity index is 2.66. The van der Waals surface area contributed by atoms with Crippen molar-refractivity contribution in [3.8, 4) is 0 Å². The van der Waals surface area contributed by atoms with Crippen molar-refractivity contribution in [1.29, 1.82) is 0 Å². The van der Waals surface area contributed by atoms with Crippen LogP contribution in [0, 0.1) is 0 Å². The SMILES string of the molecule is CC(C)(C)[S+]([O-])/N=C/c1c(C(F)(F)F)ccc(Cl)c1Sc1ncccc1C(=O)O. The summed E-state index contributed by atoms with van der Waals surface area (Å²) in [7, 11) is 0. The van der Waals surface area contributed by atoms with E-state index in [1.54, 1.807) is 20.8 Å². The Labute approximate surface area is 177 Å². The minimum Gasteiger partial charge on any atom is -0.591 e. The first-order valence-corrected chi connectivity index (χ1v) is 10.3. The molecule has 1 heterocycles. The van der Waals surface area contributed by atoms with E-state index in [1.807, 2.05) is 0 Å². The summed E-state index contributed by atoms with van der Waals surface area (Å²) in [5, 5.41) is 9.22. The third kappa shape index (κ3) is 5.88. The molecule has 1 aromatic heterocycles. The van der Waals surface area contributed by atoms with Crippen molar-refractivity contribution in [3.05, 3.63) is 52.2 Å². The normalized spacial score (nSPS) is 13.7. The van der Waals surface area contributed by atoms with Gasteiger partial charge in [0.15, 0.2) is 0 Å². The van der Waals surface area contributed by atoms with Crippen molar-refractivity contribution in [2.45, 2.75) is 41.6 Å². The minimum absolute atomic E-state index is 0.0344. The Hall–Kier alpha value is -1.75. The van der Waals surface area contributed by atoms with E-state index in [2.05, 4.69) is 9.38 Å². The molecule has 0 spiro atoms. The van der Waals surface area contributed by atoms with E-state index in [0.29, 0.717) is 11.8 Å². The molecule has 1 unspecified atom stereocenters. The Morgan fingerprint density at radius 1 is 1.31 bits per heavy atom. The zero-order valence-electron chi connectivity index (χ0n) is 15.5. The quantitative estimate of drug-likeness (QED) is 0.467. The second-order valence-electron chi connectivity index (χ2n) is 6.69. The van der Waals surface area contributed by atoms with Gasteiger partial charge in [-0.1, -0.05) is 27.8 Å². The average Bonchev–Trinajstić information content (AvgIpc) is 2.60. The van der Waals surface area contributed by atoms with Crippen molar-refractivity contribution in [2.24, 2.45) is 4.40 Å². The minimum atomic E-state index is -4.73. The lowest BCUT2D eigenvalue weighted by Crippen LogP contribution is -2.26. The molecular formula is C18H16ClF3N2O3S2. The van der Waals surface area contributed by atoms with Gasteiger partial charge in [-0.25, -0.2) is 9.78 Å². The highest BCUT2D eigenvalue weighted by Gasteiger charge is 2.35. The highest BCUT2D eigenvalue weighted by molar-refractivity contribution is 7.99. The van der Waals surface area contributed by atoms with Crippen molar-refractivity contribution in [3.63, 3.8) is 0 Å². The molecule has 2 rings (SSSR count). The van der Waals surface area contributed by atoms with E-state index in [1.165, 1.54) is 18.3 Å². The van der Waals surface area contributed by atoms with Gasteiger partial charge in [0.1, 0.15) is 21.1 Å². The van der Waals surface area contributed by atoms with Crippen LogP contribution < -0.4 is 0 Å². The molecule has 1 atom stereocenters. The van der Waals surface area contributed by atoms with Gasteiger partial charge in [0, 0.05) is 16.7 Å². The van der Waals surface area contributed by atoms with Crippen LogP contribution in [0.1, 0.15) is 42.3 Å². The van der Waals surface area contributed by atoms with Crippen molar-refractivity contribution in [1.82, 2.24) is 4.98 Å². The molecule has 11 heteroatoms. The second kappa shape index (κ2) is 8.95. The van der Waals surface area contributed by atoms with Crippen LogP contribution >= 0.6 is 23.4 Å². The number of carboxylic acid groups (broad SMARTS) is 1. The van der Waals surface area contributed by atoms with E-state index in [4.69, 9.17) is 11.6 Å². The maximum atomic E-state index is 13.6. The number of carbonyl (C=O) groups is 1. The zero-order valence-corrected chi connectivity index (χ0v) is 17.8. The molecule has 156 valence electrons. The van der Waals surface area contributed by atoms with Gasteiger partial charge in [0.25, 0.3) is 0 Å². The van der Waals surface area contributed by atoms with Crippen LogP contribution in [0.2, 0.25) is 5.02 Å². The van der Waals surface area contributed by atoms with E-state index in [9.17, 15) is 27.6 Å². The zero-order chi connectivity index (χ0) is 22.0. The predicted octanol–water partition coefficient (Wildman–Crippen LogP) is 5.48. The molecule has 0 aliphatic carbocycles. The molecule has 0 radical (unpaired) electrons. The maximum Gasteiger partial charge on any atom is 0.417 e. The van der Waals surface area contributed by atoms with Gasteiger partial charge in [0.2, 0.25) is 0 Å². The lowest BCUT2D eigenvalue weighted by Gasteiger charge is -2.19. The Morgan fingerprint density at radius 3 is 2.52 bits per heavy atom. The van der Waals surface area contributed by atoms with Crippen molar-refractivity contribution in [2.75, 3.05) is 0 Å². The molecule has 0 saturated heterocycles. The lowest BCUT2D eigenvalue weighted by atomic mass is 10.1. The molecule has 0 fully saturated rings. The Bertz CT molecular complexity index is 947. The number of nitrogens with zero attached hydrogens (tertiary/aromatic N) is 2. The molecule has 5 nitrogen and oxygen atoms in total. The first-order chi connectivity index (χ1) is 13.3. The number of alkyl halides is 3. The summed E-state index contributed by atoms with van der Waals surface area (Å²) in [6.07, 6.45) is -2.55. The Morgan fingerprint density at radius 2 is 1.97 bits per heavy atom. The van der Waals surface area contributed by atoms with Crippen LogP contribution in [0.15, 0.2) is 44.8 Å². The molecule has 1 N–H and O–H groups in total. The molecule has 0 saturated carbocycles. The number of halogens is 4. The highest BCUT2D eigenvalue weighted by atomic mass is 35.5. The highest BCUT2D eigenvalue weighted by Crippen LogP contribution is 2.42. The van der Waals surface area contributed by atoms with Gasteiger partial charge in [0.05, 0.1) is 22.4 Å². The van der Waals surface area contributed by atoms with E-state index >= 15 is 0 Å². The van der Waals surface area contributed by atoms with Crippen LogP contribution in [0.4, 0.5) is 13.2 Å². The molecule has 0 aliphatic rings. The summed E-state index contributed by atoms with van der Waals surface area (Å²) >= 11 is 5.00. The smallest absolute Gasteiger partial charge is 0.417 e. The summed E-state index contributed by atoms with van der Waals surface area (Å²) in [4.78, 5) is 15.3. The van der Waals surface area contributed by atoms with Gasteiger partial charge in [-0.15, -0.1) is 0 Å². The molecule has 2 aromatic rings. The van der Waals surface area contributed by atoms with Crippen LogP contribution in [0.5, 0.6) is 0 Å². The van der Waals surface area contributed by atoms with E-state index in [0.717, 1.165) is 18.3 Å². The van der Waals surface area contributed by atoms with Gasteiger partial charge < -0.3 is 9.66 Å². The number of hydrogen-bond donors (Lipinski definition) is 1. The summed E-state index contributed by atoms with van der Waals surface area (Å²) < 4.78 is 55.9. The summed E-state index contributed by atoms with van der Waals surface area (Å²) in [6, 6.07) is 4.54. The molecule has 0 amide bonds. The first-order valence-electron chi connectivity index (χ1n) is 8.04. The van der Waals surface area contributed by atoms with Crippen LogP contribution in [0.25, 0.3) is 0 Å². The summed E-state index contributed by atoms with van der Waals surface area (Å²) in [5.74, 6) is -1.28. The number of benzene rings is 1. The molecule has 29 heavy (non-hydrogen) atoms. The van der Waals surface area contributed by atoms with Gasteiger partial charge >= 0.3 is 12.1 Å². The third-order valence-electron chi connectivity index (χ3n) is 3.46. The lowest BCUT2D eigenvalue weighted by molar-refractivity contribution is -0.137. The van der Waals surface area contributed by atoms with E-state index < -0.39 is 39.4 Å². The fourth-order valence-corrected chi connectivity index (χ4v) is 3.85. The van der Waals surface area contributed by atoms with Gasteiger partial charge in [-0.2, -0.15) is 13.2 Å². The number of aromatic carboxylic acids is 1. The van der Waals surface area contributed by atoms with Crippen molar-refractivity contribution >= 4 is 46.9 Å². The third-order valence-corrected chi connectivity index (χ3v) is 6.39. The van der Waals surface area contributed by atoms with Gasteiger partial charge in [-0.3, -0.25) is 0 Å². The Kier molecular flexibility index (Phi) is 7.26. The number of aromatic nitrogens is 1. The molecular weight excluding hydrogens is 449 g/mol. The van der Waals surface area contributed by atoms with Gasteiger partial charge in [-0.05, 0) is 45.0 Å². The molecule has 0 bridgehead atoms. The van der Waals surface area contributed by atoms with Crippen LogP contribution in [-0.4, -0.2) is 31.6 Å². The predicted molar refractivity (Wildman–Crippen MR) is 107 cm³/mol. The average molecular weight is 465 g/mol. The fourth-order valence-electron chi connectivity index (χ4n) is 2.04. The standard InChI is InChI=1S/C18H16ClF3N2O3S2/c1-17(2,3)29(27)24-9-11-12(18(20,21)22)6-7-13(19)14(11)28-15-10(16(25)26)5-4-8-23-15/h4-9H,1-3H3,(H,25,26)/b24-9+.